The molecule has 0 aliphatic rings. The fourth-order valence-corrected chi connectivity index (χ4v) is 3.25. The molecule has 2 rings (SSSR count). The summed E-state index contributed by atoms with van der Waals surface area (Å²) >= 11 is 1.33. The fraction of sp³-hybridized carbons (Fsp3) is 0.421. The number of carbonyl (C=O) groups is 2. The lowest BCUT2D eigenvalue weighted by atomic mass is 10.1. The number of hydrogen-bond donors (Lipinski definition) is 1. The highest BCUT2D eigenvalue weighted by Crippen LogP contribution is 2.16. The fourth-order valence-electron chi connectivity index (χ4n) is 2.47. The Labute approximate surface area is 163 Å². The highest BCUT2D eigenvalue weighted by molar-refractivity contribution is 7.09. The van der Waals surface area contributed by atoms with E-state index in [0.717, 1.165) is 17.7 Å². The lowest BCUT2D eigenvalue weighted by Gasteiger charge is -2.22. The molecule has 1 N–H and O–H groups in total. The summed E-state index contributed by atoms with van der Waals surface area (Å²) in [6.07, 6.45) is 1.60. The van der Waals surface area contributed by atoms with Crippen LogP contribution < -0.4 is 5.32 Å². The minimum absolute atomic E-state index is 0.214. The summed E-state index contributed by atoms with van der Waals surface area (Å²) in [6, 6.07) is 7.56. The largest absolute Gasteiger partial charge is 0.464 e. The molecule has 146 valence electrons. The Bertz CT molecular complexity index is 763. The molecule has 0 aliphatic heterocycles. The summed E-state index contributed by atoms with van der Waals surface area (Å²) < 4.78 is 9.77. The van der Waals surface area contributed by atoms with Crippen LogP contribution in [0.1, 0.15) is 34.4 Å². The molecule has 2 amide bonds. The van der Waals surface area contributed by atoms with Crippen LogP contribution in [0.15, 0.2) is 29.6 Å². The number of rotatable bonds is 9. The van der Waals surface area contributed by atoms with Crippen LogP contribution >= 0.6 is 11.3 Å². The smallest absolute Gasteiger partial charge is 0.357 e. The quantitative estimate of drug-likeness (QED) is 0.522. The summed E-state index contributed by atoms with van der Waals surface area (Å²) in [6.45, 7) is 3.45. The van der Waals surface area contributed by atoms with Crippen LogP contribution in [0.5, 0.6) is 0 Å². The maximum absolute atomic E-state index is 12.8. The van der Waals surface area contributed by atoms with Crippen LogP contribution in [0.3, 0.4) is 0 Å². The van der Waals surface area contributed by atoms with Crippen molar-refractivity contribution in [1.82, 2.24) is 9.88 Å². The van der Waals surface area contributed by atoms with E-state index in [0.29, 0.717) is 31.1 Å². The number of methoxy groups -OCH3 is 2. The first kappa shape index (κ1) is 20.9. The first-order chi connectivity index (χ1) is 13.1. The Morgan fingerprint density at radius 3 is 2.81 bits per heavy atom. The number of aryl methyl sites for hydroxylation is 1. The second-order valence-electron chi connectivity index (χ2n) is 5.87. The highest BCUT2D eigenvalue weighted by atomic mass is 32.1. The molecule has 1 heterocycles. The SMILES string of the molecule is CCc1cccc(NC(=O)N(CCCOC)Cc2nc(C(=O)OC)cs2)c1. The van der Waals surface area contributed by atoms with Crippen molar-refractivity contribution in [1.29, 1.82) is 0 Å². The van der Waals surface area contributed by atoms with Gasteiger partial charge in [0.25, 0.3) is 0 Å². The van der Waals surface area contributed by atoms with Crippen LogP contribution in [-0.4, -0.2) is 49.3 Å². The Balaban J connectivity index is 2.08. The van der Waals surface area contributed by atoms with Crippen molar-refractivity contribution in [2.45, 2.75) is 26.3 Å². The van der Waals surface area contributed by atoms with Crippen molar-refractivity contribution in [2.75, 3.05) is 32.7 Å². The number of nitrogens with one attached hydrogen (secondary N) is 1. The predicted octanol–water partition coefficient (Wildman–Crippen LogP) is 3.56. The Morgan fingerprint density at radius 2 is 2.11 bits per heavy atom. The Morgan fingerprint density at radius 1 is 1.30 bits per heavy atom. The van der Waals surface area contributed by atoms with Crippen molar-refractivity contribution < 1.29 is 19.1 Å². The summed E-state index contributed by atoms with van der Waals surface area (Å²) in [5.74, 6) is -0.482. The number of amides is 2. The van der Waals surface area contributed by atoms with Gasteiger partial charge in [0.1, 0.15) is 5.01 Å². The van der Waals surface area contributed by atoms with Gasteiger partial charge < -0.3 is 19.7 Å². The Hall–Kier alpha value is -2.45. The van der Waals surface area contributed by atoms with Gasteiger partial charge in [-0.25, -0.2) is 14.6 Å². The van der Waals surface area contributed by atoms with Gasteiger partial charge in [0.2, 0.25) is 0 Å². The molecule has 0 radical (unpaired) electrons. The van der Waals surface area contributed by atoms with E-state index in [-0.39, 0.29) is 11.7 Å². The number of esters is 1. The summed E-state index contributed by atoms with van der Waals surface area (Å²) in [7, 11) is 2.94. The van der Waals surface area contributed by atoms with E-state index in [2.05, 4.69) is 22.0 Å². The Kier molecular flexibility index (Phi) is 8.22. The molecule has 2 aromatic rings. The van der Waals surface area contributed by atoms with Crippen LogP contribution in [0.2, 0.25) is 0 Å². The third kappa shape index (κ3) is 6.33. The molecular weight excluding hydrogens is 366 g/mol. The molecule has 0 fully saturated rings. The molecule has 0 atom stereocenters. The first-order valence-corrected chi connectivity index (χ1v) is 9.61. The van der Waals surface area contributed by atoms with Crippen LogP contribution in [0.25, 0.3) is 0 Å². The van der Waals surface area contributed by atoms with Gasteiger partial charge in [-0.15, -0.1) is 11.3 Å². The zero-order chi connectivity index (χ0) is 19.6. The van der Waals surface area contributed by atoms with E-state index in [1.165, 1.54) is 18.4 Å². The molecule has 0 unspecified atom stereocenters. The molecule has 0 aliphatic carbocycles. The van der Waals surface area contributed by atoms with Crippen molar-refractivity contribution in [2.24, 2.45) is 0 Å². The number of aromatic nitrogens is 1. The molecule has 0 spiro atoms. The minimum Gasteiger partial charge on any atom is -0.464 e. The number of urea groups is 1. The van der Waals surface area contributed by atoms with Crippen molar-refractivity contribution in [3.05, 3.63) is 45.9 Å². The second kappa shape index (κ2) is 10.6. The van der Waals surface area contributed by atoms with E-state index in [1.54, 1.807) is 17.4 Å². The van der Waals surface area contributed by atoms with E-state index >= 15 is 0 Å². The summed E-state index contributed by atoms with van der Waals surface area (Å²) in [4.78, 5) is 30.3. The number of anilines is 1. The molecule has 1 aromatic heterocycles. The normalized spacial score (nSPS) is 10.5. The molecule has 8 heteroatoms. The standard InChI is InChI=1S/C19H25N3O4S/c1-4-14-7-5-8-15(11-14)20-19(24)22(9-6-10-25-2)12-17-21-16(13-27-17)18(23)26-3/h5,7-8,11,13H,4,6,9-10,12H2,1-3H3,(H,20,24). The van der Waals surface area contributed by atoms with Crippen molar-refractivity contribution in [3.63, 3.8) is 0 Å². The van der Waals surface area contributed by atoms with Gasteiger partial charge in [-0.05, 0) is 30.5 Å². The average Bonchev–Trinajstić information content (AvgIpc) is 3.15. The third-order valence-electron chi connectivity index (χ3n) is 3.92. The molecule has 7 nitrogen and oxygen atoms in total. The number of thiazole rings is 1. The van der Waals surface area contributed by atoms with E-state index in [4.69, 9.17) is 4.74 Å². The molecule has 1 aromatic carbocycles. The maximum atomic E-state index is 12.8. The number of hydrogen-bond acceptors (Lipinski definition) is 6. The minimum atomic E-state index is -0.482. The van der Waals surface area contributed by atoms with Gasteiger partial charge in [-0.1, -0.05) is 19.1 Å². The van der Waals surface area contributed by atoms with Crippen molar-refractivity contribution >= 4 is 29.0 Å². The van der Waals surface area contributed by atoms with Crippen LogP contribution in [0.4, 0.5) is 10.5 Å². The number of nitrogens with zero attached hydrogens (tertiary/aromatic N) is 2. The summed E-state index contributed by atoms with van der Waals surface area (Å²) in [5, 5.41) is 5.24. The van der Waals surface area contributed by atoms with Gasteiger partial charge in [0, 0.05) is 31.3 Å². The number of carbonyl (C=O) groups excluding carboxylic acids is 2. The van der Waals surface area contributed by atoms with Gasteiger partial charge in [0.05, 0.1) is 13.7 Å². The lowest BCUT2D eigenvalue weighted by molar-refractivity contribution is 0.0594. The average molecular weight is 391 g/mol. The topological polar surface area (TPSA) is 80.8 Å². The van der Waals surface area contributed by atoms with Crippen molar-refractivity contribution in [3.8, 4) is 0 Å². The van der Waals surface area contributed by atoms with Gasteiger partial charge in [-0.2, -0.15) is 0 Å². The summed E-state index contributed by atoms with van der Waals surface area (Å²) in [5.41, 5.74) is 2.16. The molecular formula is C19H25N3O4S. The molecule has 0 bridgehead atoms. The number of ether oxygens (including phenoxy) is 2. The third-order valence-corrected chi connectivity index (χ3v) is 4.76. The lowest BCUT2D eigenvalue weighted by Crippen LogP contribution is -2.35. The number of benzene rings is 1. The van der Waals surface area contributed by atoms with Gasteiger partial charge >= 0.3 is 12.0 Å². The molecule has 0 saturated heterocycles. The van der Waals surface area contributed by atoms with Gasteiger partial charge in [0.15, 0.2) is 5.69 Å². The zero-order valence-corrected chi connectivity index (χ0v) is 16.7. The van der Waals surface area contributed by atoms with Crippen LogP contribution in [-0.2, 0) is 22.4 Å². The second-order valence-corrected chi connectivity index (χ2v) is 6.81. The van der Waals surface area contributed by atoms with E-state index in [9.17, 15) is 9.59 Å². The van der Waals surface area contributed by atoms with Gasteiger partial charge in [-0.3, -0.25) is 0 Å². The van der Waals surface area contributed by atoms with E-state index < -0.39 is 5.97 Å². The van der Waals surface area contributed by atoms with Crippen LogP contribution in [0, 0.1) is 0 Å². The monoisotopic (exact) mass is 391 g/mol. The van der Waals surface area contributed by atoms with E-state index in [1.807, 2.05) is 24.3 Å². The first-order valence-electron chi connectivity index (χ1n) is 8.73. The molecule has 0 saturated carbocycles. The molecule has 27 heavy (non-hydrogen) atoms. The predicted molar refractivity (Wildman–Crippen MR) is 105 cm³/mol. The maximum Gasteiger partial charge on any atom is 0.357 e. The zero-order valence-electron chi connectivity index (χ0n) is 15.9. The highest BCUT2D eigenvalue weighted by Gasteiger charge is 2.18.